The van der Waals surface area contributed by atoms with E-state index >= 15 is 0 Å². The van der Waals surface area contributed by atoms with E-state index in [1.54, 1.807) is 0 Å². The van der Waals surface area contributed by atoms with Crippen molar-refractivity contribution < 1.29 is 27.9 Å². The largest absolute Gasteiger partial charge is 0.476 e. The normalized spacial score (nSPS) is 11.6. The van der Waals surface area contributed by atoms with Crippen LogP contribution in [0.3, 0.4) is 0 Å². The van der Waals surface area contributed by atoms with E-state index in [1.807, 2.05) is 55.5 Å². The number of nitrogens with one attached hydrogen (secondary N) is 1. The lowest BCUT2D eigenvalue weighted by molar-refractivity contribution is -0.0889. The number of carboxylic acids is 1. The molecule has 0 saturated heterocycles. The minimum absolute atomic E-state index is 0.101. The van der Waals surface area contributed by atoms with Crippen molar-refractivity contribution in [3.63, 3.8) is 0 Å². The number of halogens is 3. The van der Waals surface area contributed by atoms with Crippen LogP contribution in [0.1, 0.15) is 52.1 Å². The summed E-state index contributed by atoms with van der Waals surface area (Å²) in [6.07, 6.45) is -2.05. The molecule has 0 saturated carbocycles. The first-order valence-electron chi connectivity index (χ1n) is 12.7. The summed E-state index contributed by atoms with van der Waals surface area (Å²) in [5, 5.41) is 24.4. The van der Waals surface area contributed by atoms with Gasteiger partial charge in [0.15, 0.2) is 11.5 Å². The molecule has 13 heteroatoms. The number of aromatic amines is 1. The average molecular weight is 564 g/mol. The van der Waals surface area contributed by atoms with Gasteiger partial charge in [-0.25, -0.2) is 9.78 Å². The molecular formula is C28H24F3N7O3. The highest BCUT2D eigenvalue weighted by molar-refractivity contribution is 6.00. The summed E-state index contributed by atoms with van der Waals surface area (Å²) in [6, 6.07) is 17.2. The maximum atomic E-state index is 13.2. The summed E-state index contributed by atoms with van der Waals surface area (Å²) in [6.45, 7) is 2.06. The maximum Gasteiger partial charge on any atom is 0.456 e. The van der Waals surface area contributed by atoms with Gasteiger partial charge in [0, 0.05) is 24.7 Å². The molecule has 10 nitrogen and oxygen atoms in total. The first kappa shape index (κ1) is 27.5. The Morgan fingerprint density at radius 1 is 1.00 bits per heavy atom. The van der Waals surface area contributed by atoms with Crippen molar-refractivity contribution in [2.75, 3.05) is 0 Å². The molecule has 0 aliphatic carbocycles. The third-order valence-electron chi connectivity index (χ3n) is 6.57. The van der Waals surface area contributed by atoms with E-state index in [4.69, 9.17) is 0 Å². The number of ketones is 1. The Hall–Kier alpha value is -5.07. The van der Waals surface area contributed by atoms with Crippen molar-refractivity contribution >= 4 is 11.8 Å². The van der Waals surface area contributed by atoms with Crippen LogP contribution < -0.4 is 0 Å². The first-order valence-corrected chi connectivity index (χ1v) is 12.7. The van der Waals surface area contributed by atoms with Crippen LogP contribution in [-0.2, 0) is 13.0 Å². The standard InChI is InChI=1S/C28H24F3N7O3/c1-2-3-10-22-32-26(37-15-6-9-21(37)24(39)28(29,30)31)23(27(40)41)38(22)16-17-11-13-18(14-12-17)19-7-4-5-8-20(19)25-33-35-36-34-25/h4-9,11-15H,2-3,10,16H2,1H3,(H,40,41)(H,33,34,35,36). The van der Waals surface area contributed by atoms with Gasteiger partial charge in [0.25, 0.3) is 5.78 Å². The molecule has 5 rings (SSSR count). The number of aromatic carboxylic acids is 1. The zero-order valence-corrected chi connectivity index (χ0v) is 21.8. The van der Waals surface area contributed by atoms with Gasteiger partial charge in [0.2, 0.25) is 5.82 Å². The molecule has 210 valence electrons. The molecule has 0 amide bonds. The molecule has 2 N–H and O–H groups in total. The van der Waals surface area contributed by atoms with Gasteiger partial charge in [0.1, 0.15) is 5.82 Å². The van der Waals surface area contributed by atoms with Crippen molar-refractivity contribution in [3.05, 3.63) is 89.6 Å². The lowest BCUT2D eigenvalue weighted by Gasteiger charge is -2.13. The van der Waals surface area contributed by atoms with Crippen LogP contribution in [0.4, 0.5) is 13.2 Å². The highest BCUT2D eigenvalue weighted by Gasteiger charge is 2.41. The fraction of sp³-hybridized carbons (Fsp3) is 0.214. The lowest BCUT2D eigenvalue weighted by Crippen LogP contribution is -2.25. The monoisotopic (exact) mass is 563 g/mol. The van der Waals surface area contributed by atoms with E-state index in [-0.39, 0.29) is 18.1 Å². The van der Waals surface area contributed by atoms with Crippen LogP contribution >= 0.6 is 0 Å². The van der Waals surface area contributed by atoms with Gasteiger partial charge in [-0.3, -0.25) is 9.36 Å². The van der Waals surface area contributed by atoms with Crippen molar-refractivity contribution in [1.82, 2.24) is 34.7 Å². The summed E-state index contributed by atoms with van der Waals surface area (Å²) >= 11 is 0. The molecule has 0 atom stereocenters. The van der Waals surface area contributed by atoms with Gasteiger partial charge in [0.05, 0.1) is 5.69 Å². The Bertz CT molecular complexity index is 1690. The third-order valence-corrected chi connectivity index (χ3v) is 6.57. The number of hydrogen-bond acceptors (Lipinski definition) is 6. The summed E-state index contributed by atoms with van der Waals surface area (Å²) < 4.78 is 42.1. The predicted molar refractivity (Wildman–Crippen MR) is 142 cm³/mol. The van der Waals surface area contributed by atoms with E-state index in [2.05, 4.69) is 25.6 Å². The molecule has 0 spiro atoms. The molecule has 5 aromatic rings. The van der Waals surface area contributed by atoms with E-state index in [9.17, 15) is 27.9 Å². The van der Waals surface area contributed by atoms with Crippen LogP contribution in [0.25, 0.3) is 28.3 Å². The minimum Gasteiger partial charge on any atom is -0.476 e. The highest BCUT2D eigenvalue weighted by atomic mass is 19.4. The van der Waals surface area contributed by atoms with E-state index in [0.29, 0.717) is 24.5 Å². The number of aryl methyl sites for hydroxylation is 1. The number of H-pyrrole nitrogens is 1. The van der Waals surface area contributed by atoms with Gasteiger partial charge in [-0.1, -0.05) is 61.9 Å². The number of imidazole rings is 1. The molecule has 0 fully saturated rings. The topological polar surface area (TPSA) is 132 Å². The van der Waals surface area contributed by atoms with Crippen LogP contribution in [-0.4, -0.2) is 57.8 Å². The number of rotatable bonds is 10. The average Bonchev–Trinajstić information content (AvgIpc) is 3.72. The van der Waals surface area contributed by atoms with Crippen molar-refractivity contribution in [2.24, 2.45) is 0 Å². The fourth-order valence-corrected chi connectivity index (χ4v) is 4.63. The number of hydrogen-bond donors (Lipinski definition) is 2. The fourth-order valence-electron chi connectivity index (χ4n) is 4.63. The van der Waals surface area contributed by atoms with E-state index in [0.717, 1.165) is 39.3 Å². The molecule has 0 aliphatic rings. The van der Waals surface area contributed by atoms with Gasteiger partial charge < -0.3 is 9.67 Å². The van der Waals surface area contributed by atoms with Gasteiger partial charge in [-0.05, 0) is 40.5 Å². The van der Waals surface area contributed by atoms with Crippen molar-refractivity contribution in [3.8, 4) is 28.3 Å². The molecule has 0 unspecified atom stereocenters. The molecule has 0 aliphatic heterocycles. The zero-order chi connectivity index (χ0) is 29.1. The Morgan fingerprint density at radius 3 is 2.37 bits per heavy atom. The molecule has 41 heavy (non-hydrogen) atoms. The number of nitrogens with zero attached hydrogens (tertiary/aromatic N) is 6. The molecule has 0 bridgehead atoms. The second-order valence-corrected chi connectivity index (χ2v) is 9.26. The molecular weight excluding hydrogens is 539 g/mol. The summed E-state index contributed by atoms with van der Waals surface area (Å²) in [5.41, 5.74) is 2.24. The van der Waals surface area contributed by atoms with Crippen LogP contribution in [0.15, 0.2) is 66.9 Å². The molecule has 2 aromatic carbocycles. The minimum atomic E-state index is -5.13. The molecule has 0 radical (unpaired) electrons. The summed E-state index contributed by atoms with van der Waals surface area (Å²) in [4.78, 5) is 29.0. The number of unbranched alkanes of at least 4 members (excludes halogenated alkanes) is 1. The Balaban J connectivity index is 1.54. The Morgan fingerprint density at radius 2 is 1.73 bits per heavy atom. The van der Waals surface area contributed by atoms with Crippen LogP contribution in [0.5, 0.6) is 0 Å². The number of alkyl halides is 3. The quantitative estimate of drug-likeness (QED) is 0.219. The SMILES string of the molecule is CCCCc1nc(-n2cccc2C(=O)C(F)(F)F)c(C(=O)O)n1Cc1ccc(-c2ccccc2-c2nn[nH]n2)cc1. The van der Waals surface area contributed by atoms with Crippen molar-refractivity contribution in [1.29, 1.82) is 0 Å². The number of Topliss-reactive ketones (excluding diaryl/α,β-unsaturated/α-hetero) is 1. The number of carbonyl (C=O) groups is 2. The number of carbonyl (C=O) groups excluding carboxylic acids is 1. The van der Waals surface area contributed by atoms with Gasteiger partial charge in [-0.2, -0.15) is 18.4 Å². The van der Waals surface area contributed by atoms with Gasteiger partial charge >= 0.3 is 12.1 Å². The number of aromatic nitrogens is 7. The molecule has 3 heterocycles. The second kappa shape index (κ2) is 11.2. The first-order chi connectivity index (χ1) is 19.7. The summed E-state index contributed by atoms with van der Waals surface area (Å²) in [7, 11) is 0. The second-order valence-electron chi connectivity index (χ2n) is 9.26. The van der Waals surface area contributed by atoms with Crippen molar-refractivity contribution in [2.45, 2.75) is 38.9 Å². The highest BCUT2D eigenvalue weighted by Crippen LogP contribution is 2.31. The van der Waals surface area contributed by atoms with E-state index < -0.39 is 23.6 Å². The van der Waals surface area contributed by atoms with E-state index in [1.165, 1.54) is 16.8 Å². The van der Waals surface area contributed by atoms with Crippen LogP contribution in [0, 0.1) is 0 Å². The maximum absolute atomic E-state index is 13.2. The van der Waals surface area contributed by atoms with Gasteiger partial charge in [-0.15, -0.1) is 10.2 Å². The number of tetrazole rings is 1. The Kier molecular flexibility index (Phi) is 7.51. The predicted octanol–water partition coefficient (Wildman–Crippen LogP) is 5.36. The zero-order valence-electron chi connectivity index (χ0n) is 21.8. The number of benzene rings is 2. The lowest BCUT2D eigenvalue weighted by atomic mass is 9.98. The summed E-state index contributed by atoms with van der Waals surface area (Å²) in [5.74, 6) is -2.87. The smallest absolute Gasteiger partial charge is 0.456 e. The Labute approximate surface area is 231 Å². The third kappa shape index (κ3) is 5.51. The van der Waals surface area contributed by atoms with Crippen LogP contribution in [0.2, 0.25) is 0 Å². The number of carboxylic acid groups (broad SMARTS) is 1. The molecule has 3 aromatic heterocycles.